The van der Waals surface area contributed by atoms with E-state index >= 15 is 0 Å². The minimum Gasteiger partial charge on any atom is -0.192 e. The Balaban J connectivity index is 1.27. The van der Waals surface area contributed by atoms with E-state index in [1.165, 1.54) is 109 Å². The summed E-state index contributed by atoms with van der Waals surface area (Å²) < 4.78 is 0. The molecule has 268 valence electrons. The zero-order chi connectivity index (χ0) is 39.1. The lowest BCUT2D eigenvalue weighted by molar-refractivity contribution is 1.35. The summed E-state index contributed by atoms with van der Waals surface area (Å²) in [5.41, 5.74) is 20.4. The predicted octanol–water partition coefficient (Wildman–Crippen LogP) is 15.1. The summed E-state index contributed by atoms with van der Waals surface area (Å²) in [4.78, 5) is 0. The lowest BCUT2D eigenvalue weighted by atomic mass is 9.82. The average molecular weight is 735 g/mol. The quantitative estimate of drug-likeness (QED) is 0.166. The Bertz CT molecular complexity index is 3670. The summed E-state index contributed by atoms with van der Waals surface area (Å²) in [5.74, 6) is 0. The SMILES string of the molecule is Cc1cc(-c2cc3c4cc5c(c(-c6cc(C)c(C#N)cc6C)c4ccc3c3cc4c(cc23)-c2cccc3cccc-4c23)-c2cccc3cccc-5c23)c(C)cc1C#N. The van der Waals surface area contributed by atoms with Gasteiger partial charge in [-0.3, -0.25) is 0 Å². The van der Waals surface area contributed by atoms with Gasteiger partial charge >= 0.3 is 0 Å². The number of aryl methyl sites for hydroxylation is 4. The van der Waals surface area contributed by atoms with E-state index in [2.05, 4.69) is 160 Å². The van der Waals surface area contributed by atoms with Gasteiger partial charge in [0.2, 0.25) is 0 Å². The van der Waals surface area contributed by atoms with Gasteiger partial charge in [-0.15, -0.1) is 0 Å². The van der Waals surface area contributed by atoms with Crippen molar-refractivity contribution in [1.29, 1.82) is 10.5 Å². The van der Waals surface area contributed by atoms with Crippen molar-refractivity contribution < 1.29 is 0 Å². The van der Waals surface area contributed by atoms with Crippen molar-refractivity contribution in [3.05, 3.63) is 167 Å². The van der Waals surface area contributed by atoms with Gasteiger partial charge in [0.15, 0.2) is 0 Å². The van der Waals surface area contributed by atoms with Crippen LogP contribution in [0.15, 0.2) is 133 Å². The number of fused-ring (bicyclic) bond motifs is 11. The maximum absolute atomic E-state index is 10.0. The summed E-state index contributed by atoms with van der Waals surface area (Å²) in [5, 5.41) is 32.4. The normalized spacial score (nSPS) is 12.1. The molecule has 0 fully saturated rings. The van der Waals surface area contributed by atoms with Crippen LogP contribution in [-0.4, -0.2) is 0 Å². The summed E-state index contributed by atoms with van der Waals surface area (Å²) in [7, 11) is 0. The van der Waals surface area contributed by atoms with Gasteiger partial charge in [0.05, 0.1) is 23.3 Å². The monoisotopic (exact) mass is 734 g/mol. The van der Waals surface area contributed by atoms with Crippen LogP contribution in [-0.2, 0) is 0 Å². The Morgan fingerprint density at radius 2 is 0.759 bits per heavy atom. The van der Waals surface area contributed by atoms with Crippen LogP contribution in [0, 0.1) is 50.4 Å². The van der Waals surface area contributed by atoms with Gasteiger partial charge in [-0.2, -0.15) is 10.5 Å². The molecule has 2 aliphatic rings. The van der Waals surface area contributed by atoms with E-state index in [4.69, 9.17) is 0 Å². The van der Waals surface area contributed by atoms with Crippen molar-refractivity contribution in [2.45, 2.75) is 27.7 Å². The van der Waals surface area contributed by atoms with Gasteiger partial charge in [0, 0.05) is 0 Å². The number of hydrogen-bond donors (Lipinski definition) is 0. The first kappa shape index (κ1) is 32.7. The molecule has 0 unspecified atom stereocenters. The van der Waals surface area contributed by atoms with Gasteiger partial charge in [-0.1, -0.05) is 84.9 Å². The fourth-order valence-corrected chi connectivity index (χ4v) is 10.6. The molecule has 2 nitrogen and oxygen atoms in total. The molecule has 0 radical (unpaired) electrons. The van der Waals surface area contributed by atoms with Crippen molar-refractivity contribution in [1.82, 2.24) is 0 Å². The third kappa shape index (κ3) is 4.19. The Labute approximate surface area is 336 Å². The largest absolute Gasteiger partial charge is 0.192 e. The Morgan fingerprint density at radius 1 is 0.310 bits per heavy atom. The van der Waals surface area contributed by atoms with Crippen molar-refractivity contribution in [2.24, 2.45) is 0 Å². The number of benzene rings is 10. The van der Waals surface area contributed by atoms with Gasteiger partial charge in [0.1, 0.15) is 0 Å². The number of nitriles is 2. The molecule has 10 aromatic rings. The van der Waals surface area contributed by atoms with Crippen LogP contribution in [0.1, 0.15) is 33.4 Å². The molecule has 0 atom stereocenters. The minimum atomic E-state index is 0.710. The zero-order valence-corrected chi connectivity index (χ0v) is 32.6. The number of hydrogen-bond acceptors (Lipinski definition) is 2. The molecule has 2 heteroatoms. The lowest BCUT2D eigenvalue weighted by Crippen LogP contribution is -1.96. The zero-order valence-electron chi connectivity index (χ0n) is 32.6. The molecule has 0 aromatic heterocycles. The molecule has 58 heavy (non-hydrogen) atoms. The highest BCUT2D eigenvalue weighted by Crippen LogP contribution is 2.56. The van der Waals surface area contributed by atoms with Gasteiger partial charge < -0.3 is 0 Å². The van der Waals surface area contributed by atoms with Crippen LogP contribution in [0.25, 0.3) is 121 Å². The van der Waals surface area contributed by atoms with E-state index in [1.807, 2.05) is 13.0 Å². The first-order valence-corrected chi connectivity index (χ1v) is 20.0. The molecule has 0 amide bonds. The van der Waals surface area contributed by atoms with Crippen LogP contribution < -0.4 is 0 Å². The summed E-state index contributed by atoms with van der Waals surface area (Å²) in [6.07, 6.45) is 0. The van der Waals surface area contributed by atoms with E-state index in [0.29, 0.717) is 11.1 Å². The highest BCUT2D eigenvalue weighted by molar-refractivity contribution is 6.30. The second-order valence-electron chi connectivity index (χ2n) is 16.4. The van der Waals surface area contributed by atoms with E-state index < -0.39 is 0 Å². The maximum Gasteiger partial charge on any atom is 0.0994 e. The van der Waals surface area contributed by atoms with Crippen molar-refractivity contribution in [2.75, 3.05) is 0 Å². The molecular weight excluding hydrogens is 701 g/mol. The second-order valence-corrected chi connectivity index (χ2v) is 16.4. The maximum atomic E-state index is 10.0. The summed E-state index contributed by atoms with van der Waals surface area (Å²) >= 11 is 0. The number of nitrogens with zero attached hydrogens (tertiary/aromatic N) is 2. The van der Waals surface area contributed by atoms with Crippen molar-refractivity contribution >= 4 is 53.9 Å². The van der Waals surface area contributed by atoms with Crippen LogP contribution in [0.2, 0.25) is 0 Å². The smallest absolute Gasteiger partial charge is 0.0994 e. The highest BCUT2D eigenvalue weighted by atomic mass is 14.3. The summed E-state index contributed by atoms with van der Waals surface area (Å²) in [6.45, 7) is 8.38. The van der Waals surface area contributed by atoms with E-state index in [9.17, 15) is 10.5 Å². The Morgan fingerprint density at radius 3 is 1.38 bits per heavy atom. The first-order valence-electron chi connectivity index (χ1n) is 20.0. The molecule has 10 aromatic carbocycles. The lowest BCUT2D eigenvalue weighted by Gasteiger charge is -2.21. The molecule has 0 N–H and O–H groups in total. The van der Waals surface area contributed by atoms with Crippen LogP contribution >= 0.6 is 0 Å². The second kappa shape index (κ2) is 11.5. The van der Waals surface area contributed by atoms with Crippen LogP contribution in [0.5, 0.6) is 0 Å². The van der Waals surface area contributed by atoms with E-state index in [0.717, 1.165) is 33.4 Å². The topological polar surface area (TPSA) is 47.6 Å². The molecule has 2 aliphatic carbocycles. The van der Waals surface area contributed by atoms with Gasteiger partial charge in [-0.05, 0) is 219 Å². The third-order valence-electron chi connectivity index (χ3n) is 13.3. The van der Waals surface area contributed by atoms with Crippen molar-refractivity contribution in [3.8, 4) is 78.9 Å². The highest BCUT2D eigenvalue weighted by Gasteiger charge is 2.29. The van der Waals surface area contributed by atoms with Crippen molar-refractivity contribution in [3.63, 3.8) is 0 Å². The predicted molar refractivity (Wildman–Crippen MR) is 242 cm³/mol. The molecule has 0 aliphatic heterocycles. The fraction of sp³-hybridized carbons (Fsp3) is 0.0714. The molecular formula is C56H34N2. The van der Waals surface area contributed by atoms with E-state index in [-0.39, 0.29) is 0 Å². The summed E-state index contributed by atoms with van der Waals surface area (Å²) in [6, 6.07) is 54.5. The average Bonchev–Trinajstić information content (AvgIpc) is 3.74. The minimum absolute atomic E-state index is 0.710. The van der Waals surface area contributed by atoms with Gasteiger partial charge in [0.25, 0.3) is 0 Å². The van der Waals surface area contributed by atoms with Crippen LogP contribution in [0.4, 0.5) is 0 Å². The molecule has 0 heterocycles. The fourth-order valence-electron chi connectivity index (χ4n) is 10.6. The first-order chi connectivity index (χ1) is 28.3. The molecule has 12 rings (SSSR count). The molecule has 0 spiro atoms. The molecule has 0 bridgehead atoms. The third-order valence-corrected chi connectivity index (χ3v) is 13.3. The molecule has 0 saturated carbocycles. The van der Waals surface area contributed by atoms with Gasteiger partial charge in [-0.25, -0.2) is 0 Å². The standard InChI is InChI=1S/C56H34N2/c1-29-21-43(31(3)19-35(29)27-57)50-24-45-37(46-23-47-38-13-5-9-33-10-6-14-39(53(33)38)48(47)25-51(46)50)17-18-41-49(45)26-52-40-15-7-11-34-12-8-16-42(54(34)40)56(52)55(41)44-22-30(2)36(28-58)20-32(44)4/h5-26H,1-4H3. The number of rotatable bonds is 2. The Kier molecular flexibility index (Phi) is 6.49. The van der Waals surface area contributed by atoms with Crippen LogP contribution in [0.3, 0.4) is 0 Å². The van der Waals surface area contributed by atoms with E-state index in [1.54, 1.807) is 0 Å². The Hall–Kier alpha value is -7.52. The molecule has 0 saturated heterocycles.